The standard InChI is InChI=1S/C26H24N2O5/c1-16-13-20(33-3)7-8-21(16)24(29)22-23(18-5-4-6-19(14-18)32-2)28(26(31)25(22)30)15-17-9-11-27-12-10-17/h4-14,23,29H,15H2,1-3H3/b24-22-. The van der Waals surface area contributed by atoms with Crippen LogP contribution in [0.2, 0.25) is 0 Å². The maximum Gasteiger partial charge on any atom is 0.295 e. The molecule has 1 atom stereocenters. The second kappa shape index (κ2) is 9.16. The zero-order chi connectivity index (χ0) is 23.5. The summed E-state index contributed by atoms with van der Waals surface area (Å²) in [5, 5.41) is 11.3. The van der Waals surface area contributed by atoms with Crippen LogP contribution in [0, 0.1) is 6.92 Å². The van der Waals surface area contributed by atoms with Crippen LogP contribution in [-0.2, 0) is 16.1 Å². The van der Waals surface area contributed by atoms with Crippen molar-refractivity contribution in [3.05, 3.63) is 94.8 Å². The van der Waals surface area contributed by atoms with Crippen LogP contribution in [-0.4, -0.2) is 40.9 Å². The summed E-state index contributed by atoms with van der Waals surface area (Å²) in [6, 6.07) is 15.1. The minimum absolute atomic E-state index is 0.0376. The number of aliphatic hydroxyl groups is 1. The molecule has 0 radical (unpaired) electrons. The Labute approximate surface area is 191 Å². The number of amides is 1. The molecule has 1 amide bonds. The second-order valence-corrected chi connectivity index (χ2v) is 7.74. The lowest BCUT2D eigenvalue weighted by Gasteiger charge is -2.26. The number of aryl methyl sites for hydroxylation is 1. The van der Waals surface area contributed by atoms with E-state index in [1.165, 1.54) is 4.90 Å². The van der Waals surface area contributed by atoms with Crippen molar-refractivity contribution in [2.45, 2.75) is 19.5 Å². The second-order valence-electron chi connectivity index (χ2n) is 7.74. The summed E-state index contributed by atoms with van der Waals surface area (Å²) in [4.78, 5) is 31.8. The Kier molecular flexibility index (Phi) is 6.13. The first-order valence-corrected chi connectivity index (χ1v) is 10.4. The Bertz CT molecular complexity index is 1240. The number of pyridine rings is 1. The molecule has 0 saturated carbocycles. The highest BCUT2D eigenvalue weighted by atomic mass is 16.5. The molecule has 7 heteroatoms. The molecule has 1 unspecified atom stereocenters. The Morgan fingerprint density at radius 2 is 1.70 bits per heavy atom. The fourth-order valence-electron chi connectivity index (χ4n) is 4.06. The first-order chi connectivity index (χ1) is 15.9. The predicted octanol–water partition coefficient (Wildman–Crippen LogP) is 4.03. The predicted molar refractivity (Wildman–Crippen MR) is 123 cm³/mol. The Morgan fingerprint density at radius 3 is 2.36 bits per heavy atom. The molecule has 0 aliphatic carbocycles. The molecule has 2 heterocycles. The van der Waals surface area contributed by atoms with Crippen LogP contribution in [0.1, 0.15) is 28.3 Å². The molecule has 168 valence electrons. The summed E-state index contributed by atoms with van der Waals surface area (Å²) in [5.74, 6) is -0.412. The molecule has 0 spiro atoms. The van der Waals surface area contributed by atoms with Gasteiger partial charge in [0.25, 0.3) is 11.7 Å². The van der Waals surface area contributed by atoms with Gasteiger partial charge in [-0.15, -0.1) is 0 Å². The van der Waals surface area contributed by atoms with E-state index in [0.717, 1.165) is 11.1 Å². The average molecular weight is 444 g/mol. The zero-order valence-electron chi connectivity index (χ0n) is 18.6. The first kappa shape index (κ1) is 22.1. The lowest BCUT2D eigenvalue weighted by molar-refractivity contribution is -0.140. The van der Waals surface area contributed by atoms with E-state index < -0.39 is 17.7 Å². The van der Waals surface area contributed by atoms with Gasteiger partial charge < -0.3 is 19.5 Å². The van der Waals surface area contributed by atoms with Gasteiger partial charge in [-0.1, -0.05) is 12.1 Å². The third-order valence-corrected chi connectivity index (χ3v) is 5.74. The summed E-state index contributed by atoms with van der Waals surface area (Å²) in [5.41, 5.74) is 2.70. The normalized spacial score (nSPS) is 17.3. The van der Waals surface area contributed by atoms with Gasteiger partial charge in [0.05, 0.1) is 25.8 Å². The number of rotatable bonds is 6. The molecule has 1 aromatic heterocycles. The molecule has 1 aliphatic rings. The van der Waals surface area contributed by atoms with Gasteiger partial charge in [0.2, 0.25) is 0 Å². The van der Waals surface area contributed by atoms with Crippen LogP contribution in [0.4, 0.5) is 0 Å². The summed E-state index contributed by atoms with van der Waals surface area (Å²) < 4.78 is 10.6. The summed E-state index contributed by atoms with van der Waals surface area (Å²) in [7, 11) is 3.11. The van der Waals surface area contributed by atoms with Crippen LogP contribution in [0.5, 0.6) is 11.5 Å². The number of hydrogen-bond donors (Lipinski definition) is 1. The topological polar surface area (TPSA) is 89.0 Å². The average Bonchev–Trinajstić information content (AvgIpc) is 3.09. The van der Waals surface area contributed by atoms with Gasteiger partial charge in [0.1, 0.15) is 17.3 Å². The number of hydrogen-bond acceptors (Lipinski definition) is 6. The van der Waals surface area contributed by atoms with Gasteiger partial charge in [-0.05, 0) is 66.1 Å². The lowest BCUT2D eigenvalue weighted by Crippen LogP contribution is -2.29. The molecule has 1 N–H and O–H groups in total. The van der Waals surface area contributed by atoms with Crippen molar-refractivity contribution in [2.75, 3.05) is 14.2 Å². The number of likely N-dealkylation sites (tertiary alicyclic amines) is 1. The fraction of sp³-hybridized carbons (Fsp3) is 0.192. The SMILES string of the molecule is COc1cccc(C2/C(=C(/O)c3ccc(OC)cc3C)C(=O)C(=O)N2Cc2ccncc2)c1. The Hall–Kier alpha value is -4.13. The van der Waals surface area contributed by atoms with Crippen molar-refractivity contribution >= 4 is 17.4 Å². The van der Waals surface area contributed by atoms with Gasteiger partial charge in [-0.2, -0.15) is 0 Å². The highest BCUT2D eigenvalue weighted by Gasteiger charge is 2.46. The number of nitrogens with zero attached hydrogens (tertiary/aromatic N) is 2. The van der Waals surface area contributed by atoms with Crippen LogP contribution in [0.25, 0.3) is 5.76 Å². The molecule has 2 aromatic carbocycles. The molecule has 4 rings (SSSR count). The zero-order valence-corrected chi connectivity index (χ0v) is 18.6. The molecule has 3 aromatic rings. The summed E-state index contributed by atoms with van der Waals surface area (Å²) >= 11 is 0. The number of aliphatic hydroxyl groups excluding tert-OH is 1. The van der Waals surface area contributed by atoms with E-state index >= 15 is 0 Å². The van der Waals surface area contributed by atoms with Crippen LogP contribution in [0.3, 0.4) is 0 Å². The Morgan fingerprint density at radius 1 is 1.00 bits per heavy atom. The maximum atomic E-state index is 13.2. The third kappa shape index (κ3) is 4.17. The van der Waals surface area contributed by atoms with Crippen LogP contribution < -0.4 is 9.47 Å². The monoisotopic (exact) mass is 444 g/mol. The Balaban J connectivity index is 1.89. The van der Waals surface area contributed by atoms with Crippen molar-refractivity contribution in [2.24, 2.45) is 0 Å². The molecule has 1 saturated heterocycles. The van der Waals surface area contributed by atoms with Gasteiger partial charge in [0, 0.05) is 24.5 Å². The van der Waals surface area contributed by atoms with Gasteiger partial charge in [-0.3, -0.25) is 14.6 Å². The number of Topliss-reactive ketones (excluding diaryl/α,β-unsaturated/α-hetero) is 1. The molecule has 1 fully saturated rings. The fourth-order valence-corrected chi connectivity index (χ4v) is 4.06. The van der Waals surface area contributed by atoms with Crippen molar-refractivity contribution in [3.8, 4) is 11.5 Å². The number of carbonyl (C=O) groups is 2. The number of carbonyl (C=O) groups excluding carboxylic acids is 2. The van der Waals surface area contributed by atoms with Gasteiger partial charge in [0.15, 0.2) is 0 Å². The summed E-state index contributed by atoms with van der Waals surface area (Å²) in [6.45, 7) is 2.00. The van der Waals surface area contributed by atoms with Crippen molar-refractivity contribution in [1.82, 2.24) is 9.88 Å². The largest absolute Gasteiger partial charge is 0.507 e. The smallest absolute Gasteiger partial charge is 0.295 e. The van der Waals surface area contributed by atoms with Crippen LogP contribution >= 0.6 is 0 Å². The first-order valence-electron chi connectivity index (χ1n) is 10.4. The highest BCUT2D eigenvalue weighted by molar-refractivity contribution is 6.46. The maximum absolute atomic E-state index is 13.2. The van der Waals surface area contributed by atoms with Crippen molar-refractivity contribution in [3.63, 3.8) is 0 Å². The van der Waals surface area contributed by atoms with E-state index in [-0.39, 0.29) is 17.9 Å². The number of aromatic nitrogens is 1. The molecule has 7 nitrogen and oxygen atoms in total. The van der Waals surface area contributed by atoms with E-state index in [9.17, 15) is 14.7 Å². The number of benzene rings is 2. The molecule has 1 aliphatic heterocycles. The molecular weight excluding hydrogens is 420 g/mol. The van der Waals surface area contributed by atoms with E-state index in [1.54, 1.807) is 75.1 Å². The third-order valence-electron chi connectivity index (χ3n) is 5.74. The number of ketones is 1. The minimum atomic E-state index is -0.783. The van der Waals surface area contributed by atoms with Crippen molar-refractivity contribution in [1.29, 1.82) is 0 Å². The number of methoxy groups -OCH3 is 2. The quantitative estimate of drug-likeness (QED) is 0.351. The van der Waals surface area contributed by atoms with E-state index in [1.807, 2.05) is 13.0 Å². The van der Waals surface area contributed by atoms with Crippen molar-refractivity contribution < 1.29 is 24.2 Å². The molecule has 0 bridgehead atoms. The highest BCUT2D eigenvalue weighted by Crippen LogP contribution is 2.41. The van der Waals surface area contributed by atoms with Gasteiger partial charge >= 0.3 is 0 Å². The number of ether oxygens (including phenoxy) is 2. The molecule has 33 heavy (non-hydrogen) atoms. The molecular formula is C26H24N2O5. The van der Waals surface area contributed by atoms with E-state index in [4.69, 9.17) is 9.47 Å². The van der Waals surface area contributed by atoms with Crippen LogP contribution in [0.15, 0.2) is 72.6 Å². The lowest BCUT2D eigenvalue weighted by atomic mass is 9.93. The van der Waals surface area contributed by atoms with E-state index in [2.05, 4.69) is 4.98 Å². The van der Waals surface area contributed by atoms with Gasteiger partial charge in [-0.25, -0.2) is 0 Å². The summed E-state index contributed by atoms with van der Waals surface area (Å²) in [6.07, 6.45) is 3.26. The van der Waals surface area contributed by atoms with E-state index in [0.29, 0.717) is 22.6 Å². The minimum Gasteiger partial charge on any atom is -0.507 e.